The molecule has 3 heteroatoms. The van der Waals surface area contributed by atoms with E-state index in [4.69, 9.17) is 0 Å². The van der Waals surface area contributed by atoms with Crippen molar-refractivity contribution >= 4 is 23.1 Å². The molecule has 1 aliphatic rings. The van der Waals surface area contributed by atoms with Crippen molar-refractivity contribution in [2.45, 2.75) is 58.0 Å². The molecule has 1 nitrogen and oxygen atoms in total. The van der Waals surface area contributed by atoms with Crippen molar-refractivity contribution in [2.75, 3.05) is 11.5 Å². The molecule has 19 heavy (non-hydrogen) atoms. The molecule has 1 aromatic rings. The molecular formula is C16H27NS2. The van der Waals surface area contributed by atoms with Crippen LogP contribution in [-0.4, -0.2) is 17.5 Å². The van der Waals surface area contributed by atoms with Gasteiger partial charge in [-0.2, -0.15) is 11.8 Å². The lowest BCUT2D eigenvalue weighted by Crippen LogP contribution is -2.34. The van der Waals surface area contributed by atoms with Crippen LogP contribution in [0.2, 0.25) is 0 Å². The van der Waals surface area contributed by atoms with E-state index in [2.05, 4.69) is 48.4 Å². The zero-order valence-corrected chi connectivity index (χ0v) is 13.9. The molecule has 108 valence electrons. The second kappa shape index (κ2) is 8.33. The van der Waals surface area contributed by atoms with Gasteiger partial charge in [0.15, 0.2) is 0 Å². The normalized spacial score (nSPS) is 19.7. The molecule has 0 spiro atoms. The van der Waals surface area contributed by atoms with Crippen LogP contribution in [0.3, 0.4) is 0 Å². The fourth-order valence-electron chi connectivity index (χ4n) is 3.00. The van der Waals surface area contributed by atoms with Crippen LogP contribution >= 0.6 is 23.1 Å². The molecule has 2 unspecified atom stereocenters. The summed E-state index contributed by atoms with van der Waals surface area (Å²) in [5.41, 5.74) is 0. The second-order valence-corrected chi connectivity index (χ2v) is 7.96. The summed E-state index contributed by atoms with van der Waals surface area (Å²) < 4.78 is 0. The van der Waals surface area contributed by atoms with Crippen LogP contribution in [0.25, 0.3) is 0 Å². The maximum absolute atomic E-state index is 3.92. The van der Waals surface area contributed by atoms with Gasteiger partial charge in [-0.3, -0.25) is 0 Å². The van der Waals surface area contributed by atoms with Crippen molar-refractivity contribution in [3.63, 3.8) is 0 Å². The van der Waals surface area contributed by atoms with Crippen LogP contribution in [0.5, 0.6) is 0 Å². The van der Waals surface area contributed by atoms with Crippen LogP contribution in [0, 0.1) is 5.92 Å². The van der Waals surface area contributed by atoms with Gasteiger partial charge in [-0.05, 0) is 55.1 Å². The zero-order valence-electron chi connectivity index (χ0n) is 12.2. The Hall–Kier alpha value is 0.01000. The molecule has 1 saturated carbocycles. The Kier molecular flexibility index (Phi) is 6.75. The summed E-state index contributed by atoms with van der Waals surface area (Å²) in [6.07, 6.45) is 6.95. The van der Waals surface area contributed by atoms with Gasteiger partial charge in [0.1, 0.15) is 0 Å². The first-order valence-corrected chi connectivity index (χ1v) is 9.72. The Labute approximate surface area is 126 Å². The lowest BCUT2D eigenvalue weighted by Gasteiger charge is -2.27. The molecule has 0 aliphatic heterocycles. The van der Waals surface area contributed by atoms with E-state index in [1.54, 1.807) is 4.88 Å². The molecule has 2 rings (SSSR count). The van der Waals surface area contributed by atoms with Crippen LogP contribution in [0.1, 0.15) is 56.9 Å². The molecule has 1 N–H and O–H groups in total. The SMILES string of the molecule is CCSCCC(C)NC(c1cccs1)C1CCCC1. The monoisotopic (exact) mass is 297 g/mol. The van der Waals surface area contributed by atoms with Gasteiger partial charge in [0.25, 0.3) is 0 Å². The number of hydrogen-bond acceptors (Lipinski definition) is 3. The van der Waals surface area contributed by atoms with Crippen molar-refractivity contribution in [1.29, 1.82) is 0 Å². The maximum atomic E-state index is 3.92. The Morgan fingerprint density at radius 1 is 1.42 bits per heavy atom. The van der Waals surface area contributed by atoms with Crippen molar-refractivity contribution in [3.8, 4) is 0 Å². The molecule has 1 aromatic heterocycles. The van der Waals surface area contributed by atoms with Crippen LogP contribution in [0.4, 0.5) is 0 Å². The van der Waals surface area contributed by atoms with Gasteiger partial charge in [0, 0.05) is 17.0 Å². The molecule has 0 bridgehead atoms. The third-order valence-corrected chi connectivity index (χ3v) is 5.97. The van der Waals surface area contributed by atoms with E-state index in [0.717, 1.165) is 5.92 Å². The molecular weight excluding hydrogens is 270 g/mol. The Bertz CT molecular complexity index is 331. The quantitative estimate of drug-likeness (QED) is 0.670. The van der Waals surface area contributed by atoms with Gasteiger partial charge in [-0.15, -0.1) is 11.3 Å². The summed E-state index contributed by atoms with van der Waals surface area (Å²) in [6, 6.07) is 5.74. The minimum atomic E-state index is 0.601. The number of nitrogens with one attached hydrogen (secondary N) is 1. The number of rotatable bonds is 8. The highest BCUT2D eigenvalue weighted by Gasteiger charge is 2.27. The Morgan fingerprint density at radius 3 is 2.84 bits per heavy atom. The lowest BCUT2D eigenvalue weighted by atomic mass is 9.95. The highest BCUT2D eigenvalue weighted by molar-refractivity contribution is 7.99. The minimum Gasteiger partial charge on any atom is -0.306 e. The second-order valence-electron chi connectivity index (χ2n) is 5.59. The molecule has 0 aromatic carbocycles. The first-order chi connectivity index (χ1) is 9.31. The van der Waals surface area contributed by atoms with E-state index < -0.39 is 0 Å². The highest BCUT2D eigenvalue weighted by Crippen LogP contribution is 2.37. The zero-order chi connectivity index (χ0) is 13.5. The summed E-state index contributed by atoms with van der Waals surface area (Å²) >= 11 is 3.98. The Morgan fingerprint density at radius 2 is 2.21 bits per heavy atom. The van der Waals surface area contributed by atoms with E-state index in [9.17, 15) is 0 Å². The van der Waals surface area contributed by atoms with Gasteiger partial charge in [-0.25, -0.2) is 0 Å². The number of thiophene rings is 1. The molecule has 0 saturated heterocycles. The molecule has 1 aliphatic carbocycles. The predicted molar refractivity (Wildman–Crippen MR) is 89.2 cm³/mol. The standard InChI is InChI=1S/C16H27NS2/c1-3-18-12-10-13(2)17-16(14-7-4-5-8-14)15-9-6-11-19-15/h6,9,11,13-14,16-17H,3-5,7-8,10,12H2,1-2H3. The van der Waals surface area contributed by atoms with Crippen LogP contribution < -0.4 is 5.32 Å². The van der Waals surface area contributed by atoms with Crippen molar-refractivity contribution in [3.05, 3.63) is 22.4 Å². The first-order valence-electron chi connectivity index (χ1n) is 7.68. The molecule has 1 fully saturated rings. The van der Waals surface area contributed by atoms with Crippen molar-refractivity contribution in [2.24, 2.45) is 5.92 Å². The average molecular weight is 298 g/mol. The van der Waals surface area contributed by atoms with Gasteiger partial charge in [-0.1, -0.05) is 25.8 Å². The van der Waals surface area contributed by atoms with Gasteiger partial charge in [0.05, 0.1) is 0 Å². The third kappa shape index (κ3) is 4.80. The van der Waals surface area contributed by atoms with Gasteiger partial charge < -0.3 is 5.32 Å². The molecule has 2 atom stereocenters. The van der Waals surface area contributed by atoms with Gasteiger partial charge in [0.2, 0.25) is 0 Å². The highest BCUT2D eigenvalue weighted by atomic mass is 32.2. The van der Waals surface area contributed by atoms with Crippen molar-refractivity contribution < 1.29 is 0 Å². The predicted octanol–water partition coefficient (Wildman–Crippen LogP) is 5.10. The number of hydrogen-bond donors (Lipinski definition) is 1. The van der Waals surface area contributed by atoms with E-state index in [-0.39, 0.29) is 0 Å². The summed E-state index contributed by atoms with van der Waals surface area (Å²) in [4.78, 5) is 1.54. The summed E-state index contributed by atoms with van der Waals surface area (Å²) in [7, 11) is 0. The first kappa shape index (κ1) is 15.4. The van der Waals surface area contributed by atoms with E-state index in [1.807, 2.05) is 11.3 Å². The smallest absolute Gasteiger partial charge is 0.0445 e. The fourth-order valence-corrected chi connectivity index (χ4v) is 4.69. The van der Waals surface area contributed by atoms with Crippen LogP contribution in [-0.2, 0) is 0 Å². The maximum Gasteiger partial charge on any atom is 0.0445 e. The summed E-state index contributed by atoms with van der Waals surface area (Å²) in [5.74, 6) is 3.39. The summed E-state index contributed by atoms with van der Waals surface area (Å²) in [6.45, 7) is 4.60. The minimum absolute atomic E-state index is 0.601. The average Bonchev–Trinajstić information content (AvgIpc) is 3.09. The van der Waals surface area contributed by atoms with E-state index in [0.29, 0.717) is 12.1 Å². The van der Waals surface area contributed by atoms with Crippen LogP contribution in [0.15, 0.2) is 17.5 Å². The molecule has 0 radical (unpaired) electrons. The molecule has 1 heterocycles. The summed E-state index contributed by atoms with van der Waals surface area (Å²) in [5, 5.41) is 6.14. The van der Waals surface area contributed by atoms with Crippen molar-refractivity contribution in [1.82, 2.24) is 5.32 Å². The number of thioether (sulfide) groups is 1. The lowest BCUT2D eigenvalue weighted by molar-refractivity contribution is 0.337. The fraction of sp³-hybridized carbons (Fsp3) is 0.750. The Balaban J connectivity index is 1.90. The third-order valence-electron chi connectivity index (χ3n) is 4.08. The van der Waals surface area contributed by atoms with E-state index >= 15 is 0 Å². The molecule has 0 amide bonds. The van der Waals surface area contributed by atoms with E-state index in [1.165, 1.54) is 43.6 Å². The van der Waals surface area contributed by atoms with Gasteiger partial charge >= 0.3 is 0 Å². The topological polar surface area (TPSA) is 12.0 Å². The largest absolute Gasteiger partial charge is 0.306 e.